The van der Waals surface area contributed by atoms with Gasteiger partial charge in [0.25, 0.3) is 0 Å². The van der Waals surface area contributed by atoms with E-state index in [-0.39, 0.29) is 6.61 Å². The standard InChI is InChI=1S/C10H13N3O3/c1-15-7-3-4-8(10(5-7)16-2)9(6-14)12-13-11/h3-5,9,14H,6H2,1-2H3. The van der Waals surface area contributed by atoms with Gasteiger partial charge in [-0.3, -0.25) is 0 Å². The van der Waals surface area contributed by atoms with Gasteiger partial charge in [0.05, 0.1) is 26.9 Å². The van der Waals surface area contributed by atoms with Gasteiger partial charge in [-0.05, 0) is 11.6 Å². The molecular weight excluding hydrogens is 210 g/mol. The van der Waals surface area contributed by atoms with E-state index in [0.717, 1.165) is 0 Å². The SMILES string of the molecule is COc1ccc(C(CO)N=[N+]=[N-])c(OC)c1. The largest absolute Gasteiger partial charge is 0.497 e. The second-order valence-electron chi connectivity index (χ2n) is 3.01. The molecule has 1 unspecified atom stereocenters. The summed E-state index contributed by atoms with van der Waals surface area (Å²) >= 11 is 0. The predicted molar refractivity (Wildman–Crippen MR) is 58.5 cm³/mol. The van der Waals surface area contributed by atoms with Crippen LogP contribution in [0.15, 0.2) is 23.3 Å². The van der Waals surface area contributed by atoms with Crippen LogP contribution in [0.3, 0.4) is 0 Å². The zero-order chi connectivity index (χ0) is 12.0. The first-order chi connectivity index (χ1) is 7.76. The van der Waals surface area contributed by atoms with Crippen molar-refractivity contribution in [3.05, 3.63) is 34.2 Å². The molecule has 1 N–H and O–H groups in total. The summed E-state index contributed by atoms with van der Waals surface area (Å²) in [6.45, 7) is -0.271. The second kappa shape index (κ2) is 5.85. The van der Waals surface area contributed by atoms with E-state index in [9.17, 15) is 0 Å². The zero-order valence-corrected chi connectivity index (χ0v) is 9.12. The van der Waals surface area contributed by atoms with Gasteiger partial charge in [-0.2, -0.15) is 0 Å². The Kier molecular flexibility index (Phi) is 4.44. The lowest BCUT2D eigenvalue weighted by Crippen LogP contribution is -2.03. The van der Waals surface area contributed by atoms with Crippen LogP contribution in [0.4, 0.5) is 0 Å². The fourth-order valence-corrected chi connectivity index (χ4v) is 1.35. The first kappa shape index (κ1) is 12.2. The van der Waals surface area contributed by atoms with Gasteiger partial charge in [-0.25, -0.2) is 0 Å². The first-order valence-electron chi connectivity index (χ1n) is 4.63. The summed E-state index contributed by atoms with van der Waals surface area (Å²) in [5, 5.41) is 12.6. The van der Waals surface area contributed by atoms with Gasteiger partial charge in [0.1, 0.15) is 11.5 Å². The molecule has 6 nitrogen and oxygen atoms in total. The number of nitrogens with zero attached hydrogens (tertiary/aromatic N) is 3. The van der Waals surface area contributed by atoms with Gasteiger partial charge < -0.3 is 14.6 Å². The van der Waals surface area contributed by atoms with Gasteiger partial charge in [0.2, 0.25) is 0 Å². The average Bonchev–Trinajstić information content (AvgIpc) is 2.35. The molecule has 86 valence electrons. The van der Waals surface area contributed by atoms with Crippen LogP contribution in [0.5, 0.6) is 11.5 Å². The molecule has 6 heteroatoms. The molecule has 0 aliphatic rings. The van der Waals surface area contributed by atoms with Gasteiger partial charge >= 0.3 is 0 Å². The second-order valence-corrected chi connectivity index (χ2v) is 3.01. The highest BCUT2D eigenvalue weighted by molar-refractivity contribution is 5.42. The molecule has 0 heterocycles. The van der Waals surface area contributed by atoms with Crippen LogP contribution in [0.1, 0.15) is 11.6 Å². The van der Waals surface area contributed by atoms with Gasteiger partial charge in [0, 0.05) is 16.5 Å². The minimum absolute atomic E-state index is 0.271. The van der Waals surface area contributed by atoms with Crippen LogP contribution in [0, 0.1) is 0 Å². The van der Waals surface area contributed by atoms with Crippen molar-refractivity contribution in [1.82, 2.24) is 0 Å². The lowest BCUT2D eigenvalue weighted by Gasteiger charge is -2.14. The maximum atomic E-state index is 9.11. The predicted octanol–water partition coefficient (Wildman–Crippen LogP) is 2.05. The Hall–Kier alpha value is -1.91. The summed E-state index contributed by atoms with van der Waals surface area (Å²) in [7, 11) is 3.05. The van der Waals surface area contributed by atoms with E-state index in [2.05, 4.69) is 10.0 Å². The molecule has 0 aliphatic heterocycles. The van der Waals surface area contributed by atoms with Crippen LogP contribution in [0.25, 0.3) is 10.4 Å². The number of aliphatic hydroxyl groups is 1. The van der Waals surface area contributed by atoms with Crippen molar-refractivity contribution in [3.63, 3.8) is 0 Å². The molecule has 0 amide bonds. The monoisotopic (exact) mass is 223 g/mol. The summed E-state index contributed by atoms with van der Waals surface area (Å²) in [6.07, 6.45) is 0. The van der Waals surface area contributed by atoms with Gasteiger partial charge in [-0.1, -0.05) is 11.2 Å². The van der Waals surface area contributed by atoms with E-state index in [1.807, 2.05) is 0 Å². The third-order valence-electron chi connectivity index (χ3n) is 2.16. The first-order valence-corrected chi connectivity index (χ1v) is 4.63. The van der Waals surface area contributed by atoms with Crippen LogP contribution < -0.4 is 9.47 Å². The van der Waals surface area contributed by atoms with Crippen molar-refractivity contribution < 1.29 is 14.6 Å². The van der Waals surface area contributed by atoms with Crippen molar-refractivity contribution in [3.8, 4) is 11.5 Å². The topological polar surface area (TPSA) is 87.5 Å². The van der Waals surface area contributed by atoms with Crippen molar-refractivity contribution in [2.45, 2.75) is 6.04 Å². The number of azide groups is 1. The fourth-order valence-electron chi connectivity index (χ4n) is 1.35. The molecule has 0 aliphatic carbocycles. The number of rotatable bonds is 5. The fraction of sp³-hybridized carbons (Fsp3) is 0.400. The Morgan fingerprint density at radius 3 is 2.69 bits per heavy atom. The van der Waals surface area contributed by atoms with Crippen LogP contribution >= 0.6 is 0 Å². The minimum Gasteiger partial charge on any atom is -0.497 e. The van der Waals surface area contributed by atoms with E-state index >= 15 is 0 Å². The molecule has 1 aromatic rings. The number of methoxy groups -OCH3 is 2. The lowest BCUT2D eigenvalue weighted by molar-refractivity contribution is 0.264. The van der Waals surface area contributed by atoms with E-state index in [0.29, 0.717) is 17.1 Å². The summed E-state index contributed by atoms with van der Waals surface area (Å²) in [6, 6.07) is 4.44. The molecular formula is C10H13N3O3. The van der Waals surface area contributed by atoms with Crippen LogP contribution in [-0.4, -0.2) is 25.9 Å². The number of benzene rings is 1. The molecule has 16 heavy (non-hydrogen) atoms. The van der Waals surface area contributed by atoms with Gasteiger partial charge in [-0.15, -0.1) is 0 Å². The normalized spacial score (nSPS) is 11.4. The van der Waals surface area contributed by atoms with Gasteiger partial charge in [0.15, 0.2) is 0 Å². The minimum atomic E-state index is -0.647. The molecule has 0 saturated heterocycles. The number of aliphatic hydroxyl groups excluding tert-OH is 1. The third-order valence-corrected chi connectivity index (χ3v) is 2.16. The Morgan fingerprint density at radius 2 is 2.19 bits per heavy atom. The van der Waals surface area contributed by atoms with Crippen LogP contribution in [-0.2, 0) is 0 Å². The lowest BCUT2D eigenvalue weighted by atomic mass is 10.1. The Morgan fingerprint density at radius 1 is 1.44 bits per heavy atom. The van der Waals surface area contributed by atoms with Crippen molar-refractivity contribution >= 4 is 0 Å². The Bertz CT molecular complexity index is 402. The zero-order valence-electron chi connectivity index (χ0n) is 9.12. The van der Waals surface area contributed by atoms with E-state index in [1.165, 1.54) is 7.11 Å². The van der Waals surface area contributed by atoms with Crippen molar-refractivity contribution in [1.29, 1.82) is 0 Å². The quantitative estimate of drug-likeness (QED) is 0.470. The molecule has 0 fully saturated rings. The highest BCUT2D eigenvalue weighted by atomic mass is 16.5. The Labute approximate surface area is 93.0 Å². The molecule has 0 aromatic heterocycles. The molecule has 0 spiro atoms. The molecule has 1 aromatic carbocycles. The summed E-state index contributed by atoms with van der Waals surface area (Å²) in [4.78, 5) is 2.68. The summed E-state index contributed by atoms with van der Waals surface area (Å²) in [5.41, 5.74) is 9.00. The molecule has 0 saturated carbocycles. The highest BCUT2D eigenvalue weighted by Crippen LogP contribution is 2.31. The Balaban J connectivity index is 3.15. The molecule has 0 radical (unpaired) electrons. The summed E-state index contributed by atoms with van der Waals surface area (Å²) in [5.74, 6) is 1.16. The maximum Gasteiger partial charge on any atom is 0.126 e. The summed E-state index contributed by atoms with van der Waals surface area (Å²) < 4.78 is 10.2. The van der Waals surface area contributed by atoms with Crippen molar-refractivity contribution in [2.75, 3.05) is 20.8 Å². The third kappa shape index (κ3) is 2.56. The average molecular weight is 223 g/mol. The van der Waals surface area contributed by atoms with Crippen molar-refractivity contribution in [2.24, 2.45) is 5.11 Å². The molecule has 1 atom stereocenters. The number of hydrogen-bond donors (Lipinski definition) is 1. The number of ether oxygens (including phenoxy) is 2. The molecule has 0 bridgehead atoms. The smallest absolute Gasteiger partial charge is 0.126 e. The van der Waals surface area contributed by atoms with E-state index in [1.54, 1.807) is 25.3 Å². The highest BCUT2D eigenvalue weighted by Gasteiger charge is 2.14. The van der Waals surface area contributed by atoms with E-state index < -0.39 is 6.04 Å². The number of hydrogen-bond acceptors (Lipinski definition) is 4. The molecule has 1 rings (SSSR count). The maximum absolute atomic E-state index is 9.11. The van der Waals surface area contributed by atoms with E-state index in [4.69, 9.17) is 20.1 Å². The van der Waals surface area contributed by atoms with Crippen LogP contribution in [0.2, 0.25) is 0 Å².